The zero-order valence-corrected chi connectivity index (χ0v) is 13.7. The Balaban J connectivity index is 1.94. The molecule has 0 bridgehead atoms. The van der Waals surface area contributed by atoms with Gasteiger partial charge in [0.15, 0.2) is 0 Å². The van der Waals surface area contributed by atoms with Gasteiger partial charge in [0.1, 0.15) is 11.5 Å². The quantitative estimate of drug-likeness (QED) is 0.853. The molecule has 0 unspecified atom stereocenters. The first-order valence-electron chi connectivity index (χ1n) is 7.73. The topological polar surface area (TPSA) is 106 Å². The van der Waals surface area contributed by atoms with Crippen LogP contribution in [0.15, 0.2) is 10.5 Å². The molecule has 1 aliphatic rings. The largest absolute Gasteiger partial charge is 0.466 e. The van der Waals surface area contributed by atoms with E-state index in [0.29, 0.717) is 30.0 Å². The van der Waals surface area contributed by atoms with E-state index < -0.39 is 0 Å². The third kappa shape index (κ3) is 3.91. The number of hydrogen-bond acceptors (Lipinski definition) is 4. The summed E-state index contributed by atoms with van der Waals surface area (Å²) in [4.78, 5) is 37.4. The molecule has 0 aromatic carbocycles. The zero-order valence-electron chi connectivity index (χ0n) is 13.7. The van der Waals surface area contributed by atoms with Gasteiger partial charge in [0.05, 0.1) is 18.0 Å². The molecule has 1 aromatic heterocycles. The van der Waals surface area contributed by atoms with Crippen molar-refractivity contribution in [2.45, 2.75) is 39.7 Å². The van der Waals surface area contributed by atoms with E-state index in [2.05, 4.69) is 5.32 Å². The predicted octanol–water partition coefficient (Wildman–Crippen LogP) is 0.739. The number of likely N-dealkylation sites (tertiary alicyclic amines) is 1. The van der Waals surface area contributed by atoms with Crippen molar-refractivity contribution in [3.63, 3.8) is 0 Å². The van der Waals surface area contributed by atoms with Gasteiger partial charge in [-0.25, -0.2) is 0 Å². The molecule has 1 fully saturated rings. The Morgan fingerprint density at radius 2 is 2.04 bits per heavy atom. The first kappa shape index (κ1) is 17.1. The van der Waals surface area contributed by atoms with Crippen LogP contribution in [0.2, 0.25) is 0 Å². The van der Waals surface area contributed by atoms with Crippen LogP contribution in [-0.4, -0.2) is 41.8 Å². The number of nitrogens with two attached hydrogens (primary N) is 1. The molecule has 0 saturated carbocycles. The fourth-order valence-electron chi connectivity index (χ4n) is 2.90. The number of hydrogen-bond donors (Lipinski definition) is 2. The Morgan fingerprint density at radius 3 is 2.61 bits per heavy atom. The van der Waals surface area contributed by atoms with Gasteiger partial charge in [-0.1, -0.05) is 0 Å². The number of aryl methyl sites for hydroxylation is 2. The van der Waals surface area contributed by atoms with Crippen LogP contribution in [0.3, 0.4) is 0 Å². The van der Waals surface area contributed by atoms with E-state index in [1.807, 2.05) is 6.92 Å². The minimum absolute atomic E-state index is 0.0351. The standard InChI is InChI=1S/C16H23N3O4/c1-9-4-5-12(15(17)21)8-19(9)14(20)7-18-16(22)13-6-10(2)23-11(13)3/h6,9,12H,4-5,7-8H2,1-3H3,(H2,17,21)(H,18,22)/t9-,12-/m1/s1. The Hall–Kier alpha value is -2.31. The van der Waals surface area contributed by atoms with Crippen LogP contribution >= 0.6 is 0 Å². The highest BCUT2D eigenvalue weighted by Crippen LogP contribution is 2.21. The number of nitrogens with one attached hydrogen (secondary N) is 1. The number of primary amides is 1. The lowest BCUT2D eigenvalue weighted by Gasteiger charge is -2.37. The summed E-state index contributed by atoms with van der Waals surface area (Å²) in [5.74, 6) is -0.0909. The summed E-state index contributed by atoms with van der Waals surface area (Å²) in [6, 6.07) is 1.68. The summed E-state index contributed by atoms with van der Waals surface area (Å²) in [5, 5.41) is 2.61. The van der Waals surface area contributed by atoms with Crippen LogP contribution in [0.4, 0.5) is 0 Å². The average Bonchev–Trinajstić information content (AvgIpc) is 2.83. The summed E-state index contributed by atoms with van der Waals surface area (Å²) < 4.78 is 5.31. The first-order chi connectivity index (χ1) is 10.8. The maximum Gasteiger partial charge on any atom is 0.255 e. The molecule has 2 atom stereocenters. The van der Waals surface area contributed by atoms with Gasteiger partial charge in [0.25, 0.3) is 5.91 Å². The number of piperidine rings is 1. The number of carbonyl (C=O) groups is 3. The van der Waals surface area contributed by atoms with E-state index >= 15 is 0 Å². The lowest BCUT2D eigenvalue weighted by Crippen LogP contribution is -2.51. The van der Waals surface area contributed by atoms with Crippen molar-refractivity contribution in [2.24, 2.45) is 11.7 Å². The van der Waals surface area contributed by atoms with E-state index in [1.165, 1.54) is 0 Å². The highest BCUT2D eigenvalue weighted by Gasteiger charge is 2.31. The van der Waals surface area contributed by atoms with Crippen LogP contribution < -0.4 is 11.1 Å². The number of amides is 3. The SMILES string of the molecule is Cc1cc(C(=O)NCC(=O)N2C[C@H](C(N)=O)CC[C@H]2C)c(C)o1. The smallest absolute Gasteiger partial charge is 0.255 e. The number of nitrogens with zero attached hydrogens (tertiary/aromatic N) is 1. The third-order valence-electron chi connectivity index (χ3n) is 4.29. The molecule has 23 heavy (non-hydrogen) atoms. The van der Waals surface area contributed by atoms with Crippen molar-refractivity contribution in [2.75, 3.05) is 13.1 Å². The van der Waals surface area contributed by atoms with E-state index in [1.54, 1.807) is 24.8 Å². The number of furan rings is 1. The molecular formula is C16H23N3O4. The minimum Gasteiger partial charge on any atom is -0.466 e. The molecule has 7 nitrogen and oxygen atoms in total. The van der Waals surface area contributed by atoms with Gasteiger partial charge in [-0.3, -0.25) is 14.4 Å². The molecule has 3 N–H and O–H groups in total. The van der Waals surface area contributed by atoms with Crippen LogP contribution in [-0.2, 0) is 9.59 Å². The molecule has 0 radical (unpaired) electrons. The van der Waals surface area contributed by atoms with Gasteiger partial charge < -0.3 is 20.4 Å². The Kier molecular flexibility index (Phi) is 5.08. The zero-order chi connectivity index (χ0) is 17.1. The lowest BCUT2D eigenvalue weighted by atomic mass is 9.93. The highest BCUT2D eigenvalue weighted by molar-refractivity contribution is 5.97. The van der Waals surface area contributed by atoms with Crippen LogP contribution in [0.5, 0.6) is 0 Å². The maximum atomic E-state index is 12.3. The molecule has 126 valence electrons. The summed E-state index contributed by atoms with van der Waals surface area (Å²) in [7, 11) is 0. The first-order valence-corrected chi connectivity index (χ1v) is 7.73. The summed E-state index contributed by atoms with van der Waals surface area (Å²) in [6.45, 7) is 5.59. The second-order valence-electron chi connectivity index (χ2n) is 6.08. The van der Waals surface area contributed by atoms with Gasteiger partial charge in [-0.15, -0.1) is 0 Å². The van der Waals surface area contributed by atoms with E-state index in [-0.39, 0.29) is 36.2 Å². The van der Waals surface area contributed by atoms with Crippen molar-refractivity contribution in [3.8, 4) is 0 Å². The van der Waals surface area contributed by atoms with Crippen molar-refractivity contribution in [3.05, 3.63) is 23.2 Å². The molecule has 0 aliphatic carbocycles. The molecule has 2 rings (SSSR count). The van der Waals surface area contributed by atoms with Gasteiger partial charge >= 0.3 is 0 Å². The van der Waals surface area contributed by atoms with Crippen molar-refractivity contribution < 1.29 is 18.8 Å². The Morgan fingerprint density at radius 1 is 1.35 bits per heavy atom. The summed E-state index contributed by atoms with van der Waals surface area (Å²) in [5.41, 5.74) is 5.76. The van der Waals surface area contributed by atoms with Crippen molar-refractivity contribution in [1.29, 1.82) is 0 Å². The molecule has 1 aromatic rings. The Bertz CT molecular complexity index is 623. The van der Waals surface area contributed by atoms with E-state index in [9.17, 15) is 14.4 Å². The fourth-order valence-corrected chi connectivity index (χ4v) is 2.90. The van der Waals surface area contributed by atoms with Crippen molar-refractivity contribution >= 4 is 17.7 Å². The molecule has 1 saturated heterocycles. The molecule has 7 heteroatoms. The van der Waals surface area contributed by atoms with Gasteiger partial charge in [0, 0.05) is 12.6 Å². The molecule has 2 heterocycles. The molecular weight excluding hydrogens is 298 g/mol. The molecule has 3 amide bonds. The van der Waals surface area contributed by atoms with Crippen LogP contribution in [0.1, 0.15) is 41.6 Å². The minimum atomic E-state index is -0.386. The molecule has 0 spiro atoms. The number of carbonyl (C=O) groups excluding carboxylic acids is 3. The van der Waals surface area contributed by atoms with Gasteiger partial charge in [-0.2, -0.15) is 0 Å². The predicted molar refractivity (Wildman–Crippen MR) is 83.6 cm³/mol. The van der Waals surface area contributed by atoms with Crippen LogP contribution in [0.25, 0.3) is 0 Å². The normalized spacial score (nSPS) is 21.1. The second-order valence-corrected chi connectivity index (χ2v) is 6.08. The lowest BCUT2D eigenvalue weighted by molar-refractivity contribution is -0.136. The van der Waals surface area contributed by atoms with E-state index in [0.717, 1.165) is 6.42 Å². The summed E-state index contributed by atoms with van der Waals surface area (Å²) in [6.07, 6.45) is 1.42. The average molecular weight is 321 g/mol. The van der Waals surface area contributed by atoms with Gasteiger partial charge in [0.2, 0.25) is 11.8 Å². The Labute approximate surface area is 135 Å². The van der Waals surface area contributed by atoms with Crippen molar-refractivity contribution in [1.82, 2.24) is 10.2 Å². The third-order valence-corrected chi connectivity index (χ3v) is 4.29. The van der Waals surface area contributed by atoms with Crippen LogP contribution in [0, 0.1) is 19.8 Å². The molecule has 1 aliphatic heterocycles. The highest BCUT2D eigenvalue weighted by atomic mass is 16.3. The monoisotopic (exact) mass is 321 g/mol. The maximum absolute atomic E-state index is 12.3. The summed E-state index contributed by atoms with van der Waals surface area (Å²) >= 11 is 0. The van der Waals surface area contributed by atoms with E-state index in [4.69, 9.17) is 10.2 Å². The number of rotatable bonds is 4. The second kappa shape index (κ2) is 6.85. The van der Waals surface area contributed by atoms with Gasteiger partial charge in [-0.05, 0) is 39.7 Å². The fraction of sp³-hybridized carbons (Fsp3) is 0.562.